The third kappa shape index (κ3) is 3.29. The van der Waals surface area contributed by atoms with Crippen LogP contribution in [-0.2, 0) is 16.1 Å². The van der Waals surface area contributed by atoms with Gasteiger partial charge in [0.25, 0.3) is 5.91 Å². The van der Waals surface area contributed by atoms with Gasteiger partial charge in [-0.15, -0.1) is 0 Å². The second-order valence-corrected chi connectivity index (χ2v) is 10.3. The Morgan fingerprint density at radius 3 is 2.62 bits per heavy atom. The minimum Gasteiger partial charge on any atom is -0.454 e. The van der Waals surface area contributed by atoms with E-state index < -0.39 is 5.54 Å². The van der Waals surface area contributed by atoms with Crippen molar-refractivity contribution in [1.29, 1.82) is 0 Å². The number of carbonyl (C=O) groups is 3. The lowest BCUT2D eigenvalue weighted by atomic mass is 9.75. The van der Waals surface area contributed by atoms with Crippen LogP contribution in [0.3, 0.4) is 0 Å². The Balaban J connectivity index is 1.13. The molecule has 4 amide bonds. The average molecular weight is 466 g/mol. The number of ether oxygens (including phenoxy) is 2. The van der Waals surface area contributed by atoms with Gasteiger partial charge in [-0.25, -0.2) is 4.79 Å². The SMILES string of the molecule is CC[C@@]1(C2CCN(C(=O)[C@H]3C[C@@H]4C=C[C@H]3C4)CC2)NC(=O)N(Cc2ccc3c(c2)OCO3)C1=O. The molecule has 1 aromatic rings. The second kappa shape index (κ2) is 8.03. The van der Waals surface area contributed by atoms with Gasteiger partial charge in [0.15, 0.2) is 11.5 Å². The van der Waals surface area contributed by atoms with Gasteiger partial charge in [-0.2, -0.15) is 0 Å². The summed E-state index contributed by atoms with van der Waals surface area (Å²) < 4.78 is 10.8. The lowest BCUT2D eigenvalue weighted by Crippen LogP contribution is -2.56. The van der Waals surface area contributed by atoms with Crippen molar-refractivity contribution >= 4 is 17.8 Å². The number of allylic oxidation sites excluding steroid dienone is 2. The smallest absolute Gasteiger partial charge is 0.325 e. The van der Waals surface area contributed by atoms with Crippen LogP contribution in [0, 0.1) is 23.7 Å². The molecular formula is C26H31N3O5. The van der Waals surface area contributed by atoms with E-state index >= 15 is 0 Å². The molecule has 1 aromatic carbocycles. The molecule has 5 aliphatic rings. The molecule has 3 aliphatic heterocycles. The van der Waals surface area contributed by atoms with Crippen LogP contribution in [0.15, 0.2) is 30.4 Å². The maximum atomic E-state index is 13.6. The van der Waals surface area contributed by atoms with E-state index in [1.807, 2.05) is 30.0 Å². The van der Waals surface area contributed by atoms with Crippen molar-refractivity contribution in [3.8, 4) is 11.5 Å². The van der Waals surface area contributed by atoms with E-state index in [1.54, 1.807) is 0 Å². The average Bonchev–Trinajstić information content (AvgIpc) is 3.65. The van der Waals surface area contributed by atoms with E-state index in [9.17, 15) is 14.4 Å². The molecule has 1 saturated carbocycles. The van der Waals surface area contributed by atoms with Crippen molar-refractivity contribution in [2.24, 2.45) is 23.7 Å². The number of amides is 4. The van der Waals surface area contributed by atoms with E-state index in [-0.39, 0.29) is 43.0 Å². The molecule has 6 rings (SSSR count). The van der Waals surface area contributed by atoms with Crippen LogP contribution in [0.4, 0.5) is 4.79 Å². The van der Waals surface area contributed by atoms with E-state index in [0.717, 1.165) is 31.2 Å². The molecule has 0 aromatic heterocycles. The number of rotatable bonds is 5. The van der Waals surface area contributed by atoms with Gasteiger partial charge in [0.1, 0.15) is 5.54 Å². The molecule has 0 spiro atoms. The number of nitrogens with one attached hydrogen (secondary N) is 1. The summed E-state index contributed by atoms with van der Waals surface area (Å²) in [5.41, 5.74) is -0.0856. The Morgan fingerprint density at radius 2 is 1.91 bits per heavy atom. The maximum absolute atomic E-state index is 13.6. The highest BCUT2D eigenvalue weighted by Crippen LogP contribution is 2.45. The highest BCUT2D eigenvalue weighted by atomic mass is 16.7. The summed E-state index contributed by atoms with van der Waals surface area (Å²) in [5, 5.41) is 3.05. The highest BCUT2D eigenvalue weighted by Gasteiger charge is 2.55. The van der Waals surface area contributed by atoms with Gasteiger partial charge in [-0.1, -0.05) is 25.1 Å². The maximum Gasteiger partial charge on any atom is 0.325 e. The van der Waals surface area contributed by atoms with Gasteiger partial charge in [-0.3, -0.25) is 14.5 Å². The van der Waals surface area contributed by atoms with Gasteiger partial charge < -0.3 is 19.7 Å². The highest BCUT2D eigenvalue weighted by molar-refractivity contribution is 6.07. The van der Waals surface area contributed by atoms with E-state index in [0.29, 0.717) is 42.8 Å². The third-order valence-electron chi connectivity index (χ3n) is 8.64. The Labute approximate surface area is 199 Å². The van der Waals surface area contributed by atoms with E-state index in [4.69, 9.17) is 9.47 Å². The van der Waals surface area contributed by atoms with Crippen LogP contribution >= 0.6 is 0 Å². The van der Waals surface area contributed by atoms with Crippen molar-refractivity contribution in [1.82, 2.24) is 15.1 Å². The molecule has 3 fully saturated rings. The molecule has 4 atom stereocenters. The molecule has 8 nitrogen and oxygen atoms in total. The zero-order chi connectivity index (χ0) is 23.4. The summed E-state index contributed by atoms with van der Waals surface area (Å²) in [7, 11) is 0. The van der Waals surface area contributed by atoms with Crippen molar-refractivity contribution < 1.29 is 23.9 Å². The number of hydrogen-bond donors (Lipinski definition) is 1. The second-order valence-electron chi connectivity index (χ2n) is 10.3. The topological polar surface area (TPSA) is 88.2 Å². The van der Waals surface area contributed by atoms with Crippen LogP contribution in [-0.4, -0.2) is 53.1 Å². The zero-order valence-electron chi connectivity index (χ0n) is 19.5. The number of hydrogen-bond acceptors (Lipinski definition) is 5. The Bertz CT molecular complexity index is 1060. The summed E-state index contributed by atoms with van der Waals surface area (Å²) >= 11 is 0. The largest absolute Gasteiger partial charge is 0.454 e. The summed E-state index contributed by atoms with van der Waals surface area (Å²) in [4.78, 5) is 43.0. The summed E-state index contributed by atoms with van der Waals surface area (Å²) in [6.07, 6.45) is 8.55. The van der Waals surface area contributed by atoms with Crippen LogP contribution in [0.1, 0.15) is 44.6 Å². The molecular weight excluding hydrogens is 434 g/mol. The number of imide groups is 1. The number of nitrogens with zero attached hydrogens (tertiary/aromatic N) is 2. The predicted molar refractivity (Wildman–Crippen MR) is 123 cm³/mol. The van der Waals surface area contributed by atoms with Crippen molar-refractivity contribution in [2.75, 3.05) is 19.9 Å². The molecule has 34 heavy (non-hydrogen) atoms. The molecule has 2 bridgehead atoms. The van der Waals surface area contributed by atoms with Gasteiger partial charge in [0.05, 0.1) is 6.54 Å². The lowest BCUT2D eigenvalue weighted by molar-refractivity contribution is -0.139. The van der Waals surface area contributed by atoms with Gasteiger partial charge in [0.2, 0.25) is 12.7 Å². The number of benzene rings is 1. The summed E-state index contributed by atoms with van der Waals surface area (Å²) in [6.45, 7) is 3.63. The van der Waals surface area contributed by atoms with E-state index in [1.165, 1.54) is 4.90 Å². The first-order chi connectivity index (χ1) is 16.5. The quantitative estimate of drug-likeness (QED) is 0.533. The van der Waals surface area contributed by atoms with Crippen molar-refractivity contribution in [2.45, 2.75) is 51.1 Å². The number of fused-ring (bicyclic) bond motifs is 3. The first-order valence-corrected chi connectivity index (χ1v) is 12.5. The number of urea groups is 1. The molecule has 180 valence electrons. The van der Waals surface area contributed by atoms with Crippen LogP contribution in [0.2, 0.25) is 0 Å². The van der Waals surface area contributed by atoms with Gasteiger partial charge in [-0.05, 0) is 67.6 Å². The Hall–Kier alpha value is -3.03. The van der Waals surface area contributed by atoms with E-state index in [2.05, 4.69) is 17.5 Å². The normalized spacial score (nSPS) is 32.1. The molecule has 2 aliphatic carbocycles. The number of carbonyl (C=O) groups excluding carboxylic acids is 3. The fourth-order valence-electron chi connectivity index (χ4n) is 6.71. The first kappa shape index (κ1) is 21.5. The fourth-order valence-corrected chi connectivity index (χ4v) is 6.71. The van der Waals surface area contributed by atoms with Crippen molar-refractivity contribution in [3.05, 3.63) is 35.9 Å². The molecule has 0 radical (unpaired) electrons. The molecule has 3 heterocycles. The predicted octanol–water partition coefficient (Wildman–Crippen LogP) is 3.07. The standard InChI is InChI=1S/C26H31N3O5/c1-2-26(19-7-9-28(10-8-19)23(30)20-12-16-3-5-18(20)11-16)24(31)29(25(32)27-26)14-17-4-6-21-22(13-17)34-15-33-21/h3-6,13,16,18-20H,2,7-12,14-15H2,1H3,(H,27,32)/t16-,18+,20+,26+/m1/s1. The number of likely N-dealkylation sites (tertiary alicyclic amines) is 1. The van der Waals surface area contributed by atoms with Crippen molar-refractivity contribution in [3.63, 3.8) is 0 Å². The number of piperidine rings is 1. The summed E-state index contributed by atoms with van der Waals surface area (Å²) in [5.74, 6) is 2.52. The summed E-state index contributed by atoms with van der Waals surface area (Å²) in [6, 6.07) is 5.14. The van der Waals surface area contributed by atoms with Crippen LogP contribution in [0.5, 0.6) is 11.5 Å². The fraction of sp³-hybridized carbons (Fsp3) is 0.577. The Kier molecular flexibility index (Phi) is 5.08. The van der Waals surface area contributed by atoms with Gasteiger partial charge >= 0.3 is 6.03 Å². The lowest BCUT2D eigenvalue weighted by Gasteiger charge is -2.41. The van der Waals surface area contributed by atoms with Gasteiger partial charge in [0, 0.05) is 19.0 Å². The first-order valence-electron chi connectivity index (χ1n) is 12.5. The molecule has 1 N–H and O–H groups in total. The third-order valence-corrected chi connectivity index (χ3v) is 8.64. The molecule has 8 heteroatoms. The molecule has 0 unspecified atom stereocenters. The minimum absolute atomic E-state index is 0.0136. The zero-order valence-corrected chi connectivity index (χ0v) is 19.5. The van der Waals surface area contributed by atoms with Crippen LogP contribution in [0.25, 0.3) is 0 Å². The minimum atomic E-state index is -0.905. The Morgan fingerprint density at radius 1 is 1.12 bits per heavy atom. The monoisotopic (exact) mass is 465 g/mol. The molecule has 2 saturated heterocycles. The van der Waals surface area contributed by atoms with Crippen LogP contribution < -0.4 is 14.8 Å².